The van der Waals surface area contributed by atoms with Crippen LogP contribution in [0.2, 0.25) is 5.02 Å². The number of nitrogens with zero attached hydrogens (tertiary/aromatic N) is 2. The molecule has 0 N–H and O–H groups in total. The molecule has 1 atom stereocenters. The van der Waals surface area contributed by atoms with E-state index in [1.807, 2.05) is 6.92 Å². The van der Waals surface area contributed by atoms with Gasteiger partial charge in [-0.2, -0.15) is 5.26 Å². The largest absolute Gasteiger partial charge is 0.490 e. The Hall–Kier alpha value is -2.56. The van der Waals surface area contributed by atoms with E-state index in [0.717, 1.165) is 29.8 Å². The Labute approximate surface area is 204 Å². The van der Waals surface area contributed by atoms with Gasteiger partial charge >= 0.3 is 5.97 Å². The van der Waals surface area contributed by atoms with Crippen LogP contribution in [0, 0.1) is 22.7 Å². The summed E-state index contributed by atoms with van der Waals surface area (Å²) >= 11 is 8.01. The fourth-order valence-corrected chi connectivity index (χ4v) is 5.40. The summed E-state index contributed by atoms with van der Waals surface area (Å²) in [5, 5.41) is 10.8. The van der Waals surface area contributed by atoms with E-state index in [9.17, 15) is 10.1 Å². The van der Waals surface area contributed by atoms with Crippen LogP contribution in [0.25, 0.3) is 0 Å². The highest BCUT2D eigenvalue weighted by Crippen LogP contribution is 2.45. The molecule has 0 saturated carbocycles. The van der Waals surface area contributed by atoms with Crippen LogP contribution in [-0.2, 0) is 22.4 Å². The van der Waals surface area contributed by atoms with E-state index in [0.29, 0.717) is 34.4 Å². The van der Waals surface area contributed by atoms with E-state index in [2.05, 4.69) is 36.6 Å². The number of rotatable bonds is 7. The first-order valence-corrected chi connectivity index (χ1v) is 12.1. The van der Waals surface area contributed by atoms with Crippen LogP contribution in [0.3, 0.4) is 0 Å². The fourth-order valence-electron chi connectivity index (χ4n) is 3.91. The second kappa shape index (κ2) is 10.6. The zero-order chi connectivity index (χ0) is 24.2. The Morgan fingerprint density at radius 3 is 2.76 bits per heavy atom. The van der Waals surface area contributed by atoms with Crippen molar-refractivity contribution in [1.82, 2.24) is 0 Å². The lowest BCUT2D eigenvalue weighted by atomic mass is 9.72. The number of thiophene rings is 1. The van der Waals surface area contributed by atoms with Crippen LogP contribution < -0.4 is 9.47 Å². The first-order chi connectivity index (χ1) is 15.7. The molecule has 0 amide bonds. The molecule has 0 unspecified atom stereocenters. The summed E-state index contributed by atoms with van der Waals surface area (Å²) in [6.07, 6.45) is 4.67. The summed E-state index contributed by atoms with van der Waals surface area (Å²) < 4.78 is 15.8. The smallest absolute Gasteiger partial charge is 0.343 e. The molecule has 1 aromatic carbocycles. The molecule has 8 heteroatoms. The minimum atomic E-state index is -0.515. The third-order valence-electron chi connectivity index (χ3n) is 5.81. The monoisotopic (exact) mass is 488 g/mol. The predicted octanol–water partition coefficient (Wildman–Crippen LogP) is 6.13. The number of methoxy groups -OCH3 is 1. The van der Waals surface area contributed by atoms with E-state index in [-0.39, 0.29) is 17.8 Å². The van der Waals surface area contributed by atoms with Crippen molar-refractivity contribution in [3.63, 3.8) is 0 Å². The Kier molecular flexibility index (Phi) is 8.04. The third kappa shape index (κ3) is 5.87. The van der Waals surface area contributed by atoms with Gasteiger partial charge in [-0.05, 0) is 60.8 Å². The van der Waals surface area contributed by atoms with Crippen LogP contribution in [0.15, 0.2) is 17.1 Å². The molecule has 0 aliphatic heterocycles. The minimum absolute atomic E-state index is 0.238. The summed E-state index contributed by atoms with van der Waals surface area (Å²) in [6, 6.07) is 5.80. The van der Waals surface area contributed by atoms with Gasteiger partial charge in [0, 0.05) is 11.1 Å². The maximum absolute atomic E-state index is 11.4. The number of benzene rings is 1. The van der Waals surface area contributed by atoms with Crippen LogP contribution >= 0.6 is 22.9 Å². The first kappa shape index (κ1) is 25.1. The molecule has 1 heterocycles. The van der Waals surface area contributed by atoms with Gasteiger partial charge in [-0.3, -0.25) is 0 Å². The van der Waals surface area contributed by atoms with Crippen molar-refractivity contribution in [3.8, 4) is 17.6 Å². The lowest BCUT2D eigenvalue weighted by molar-refractivity contribution is -0.142. The van der Waals surface area contributed by atoms with Crippen molar-refractivity contribution in [3.05, 3.63) is 38.7 Å². The average molecular weight is 489 g/mol. The van der Waals surface area contributed by atoms with Crippen molar-refractivity contribution in [2.24, 2.45) is 16.3 Å². The van der Waals surface area contributed by atoms with E-state index in [1.165, 1.54) is 12.0 Å². The standard InChI is InChI=1S/C25H29ClN2O4S/c1-6-31-20-10-15(9-19(26)23(20)32-14-22(29)30-5)13-28-24-18(12-27)17-8-7-16(25(2,3)4)11-21(17)33-24/h9-10,13,16H,6-8,11,14H2,1-5H3/t16-/m1/s1. The molecule has 0 fully saturated rings. The predicted molar refractivity (Wildman–Crippen MR) is 131 cm³/mol. The van der Waals surface area contributed by atoms with Crippen molar-refractivity contribution >= 4 is 40.1 Å². The summed E-state index contributed by atoms with van der Waals surface area (Å²) in [4.78, 5) is 17.3. The van der Waals surface area contributed by atoms with Crippen LogP contribution in [0.4, 0.5) is 5.00 Å². The third-order valence-corrected chi connectivity index (χ3v) is 7.25. The lowest BCUT2D eigenvalue weighted by Gasteiger charge is -2.33. The van der Waals surface area contributed by atoms with Gasteiger partial charge in [0.15, 0.2) is 18.1 Å². The van der Waals surface area contributed by atoms with Crippen molar-refractivity contribution in [2.45, 2.75) is 47.0 Å². The van der Waals surface area contributed by atoms with Gasteiger partial charge < -0.3 is 14.2 Å². The molecule has 33 heavy (non-hydrogen) atoms. The van der Waals surface area contributed by atoms with Crippen molar-refractivity contribution in [1.29, 1.82) is 5.26 Å². The van der Waals surface area contributed by atoms with Gasteiger partial charge in [0.25, 0.3) is 0 Å². The van der Waals surface area contributed by atoms with E-state index in [1.54, 1.807) is 29.7 Å². The molecule has 1 aliphatic carbocycles. The Morgan fingerprint density at radius 1 is 1.36 bits per heavy atom. The lowest BCUT2D eigenvalue weighted by Crippen LogP contribution is -2.26. The summed E-state index contributed by atoms with van der Waals surface area (Å²) in [6.45, 7) is 8.80. The zero-order valence-corrected chi connectivity index (χ0v) is 21.2. The van der Waals surface area contributed by atoms with E-state index >= 15 is 0 Å². The second-order valence-corrected chi connectivity index (χ2v) is 10.5. The Balaban J connectivity index is 1.88. The highest BCUT2D eigenvalue weighted by atomic mass is 35.5. The summed E-state index contributed by atoms with van der Waals surface area (Å²) in [7, 11) is 1.29. The topological polar surface area (TPSA) is 80.9 Å². The molecule has 0 radical (unpaired) electrons. The van der Waals surface area contributed by atoms with Crippen LogP contribution in [0.5, 0.6) is 11.5 Å². The Bertz CT molecular complexity index is 1100. The molecule has 3 rings (SSSR count). The number of carbonyl (C=O) groups excluding carboxylic acids is 1. The summed E-state index contributed by atoms with van der Waals surface area (Å²) in [5.41, 5.74) is 2.77. The number of hydrogen-bond acceptors (Lipinski definition) is 7. The minimum Gasteiger partial charge on any atom is -0.490 e. The molecule has 1 aliphatic rings. The molecular weight excluding hydrogens is 460 g/mol. The first-order valence-electron chi connectivity index (χ1n) is 10.9. The molecule has 176 valence electrons. The molecule has 6 nitrogen and oxygen atoms in total. The number of nitriles is 1. The molecule has 2 aromatic rings. The number of ether oxygens (including phenoxy) is 3. The summed E-state index contributed by atoms with van der Waals surface area (Å²) in [5.74, 6) is 0.767. The highest BCUT2D eigenvalue weighted by Gasteiger charge is 2.32. The number of carbonyl (C=O) groups is 1. The van der Waals surface area contributed by atoms with Gasteiger partial charge in [0.05, 0.1) is 24.3 Å². The van der Waals surface area contributed by atoms with Crippen molar-refractivity contribution in [2.75, 3.05) is 20.3 Å². The quantitative estimate of drug-likeness (QED) is 0.346. The van der Waals surface area contributed by atoms with Gasteiger partial charge in [-0.1, -0.05) is 32.4 Å². The fraction of sp³-hybridized carbons (Fsp3) is 0.480. The number of aliphatic imine (C=N–C) groups is 1. The van der Waals surface area contributed by atoms with E-state index in [4.69, 9.17) is 21.1 Å². The van der Waals surface area contributed by atoms with Gasteiger partial charge in [-0.25, -0.2) is 9.79 Å². The van der Waals surface area contributed by atoms with E-state index < -0.39 is 5.97 Å². The molecule has 0 bridgehead atoms. The number of hydrogen-bond donors (Lipinski definition) is 0. The Morgan fingerprint density at radius 2 is 2.12 bits per heavy atom. The van der Waals surface area contributed by atoms with Crippen LogP contribution in [-0.4, -0.2) is 32.5 Å². The molecule has 0 spiro atoms. The van der Waals surface area contributed by atoms with Gasteiger partial charge in [0.1, 0.15) is 11.1 Å². The number of fused-ring (bicyclic) bond motifs is 1. The molecule has 0 saturated heterocycles. The number of halogens is 1. The SMILES string of the molecule is CCOc1cc(C=Nc2sc3c(c2C#N)CC[C@@H](C(C)(C)C)C3)cc(Cl)c1OCC(=O)OC. The normalized spacial score (nSPS) is 15.7. The second-order valence-electron chi connectivity index (χ2n) is 8.99. The highest BCUT2D eigenvalue weighted by molar-refractivity contribution is 7.16. The maximum atomic E-state index is 11.4. The number of esters is 1. The molecule has 1 aromatic heterocycles. The van der Waals surface area contributed by atoms with Crippen molar-refractivity contribution < 1.29 is 19.0 Å². The van der Waals surface area contributed by atoms with Gasteiger partial charge in [-0.15, -0.1) is 11.3 Å². The maximum Gasteiger partial charge on any atom is 0.343 e. The van der Waals surface area contributed by atoms with Gasteiger partial charge in [0.2, 0.25) is 0 Å². The zero-order valence-electron chi connectivity index (χ0n) is 19.7. The average Bonchev–Trinajstić information content (AvgIpc) is 3.13. The molecular formula is C25H29ClN2O4S. The van der Waals surface area contributed by atoms with Crippen LogP contribution in [0.1, 0.15) is 55.7 Å².